The molecule has 4 amide bonds. The van der Waals surface area contributed by atoms with Gasteiger partial charge in [0.15, 0.2) is 0 Å². The minimum Gasteiger partial charge on any atom is -0.444 e. The third-order valence-electron chi connectivity index (χ3n) is 4.26. The molecule has 0 aliphatic heterocycles. The first-order valence-electron chi connectivity index (χ1n) is 13.0. The van der Waals surface area contributed by atoms with Gasteiger partial charge in [-0.15, -0.1) is 0 Å². The smallest absolute Gasteiger partial charge is 0.407 e. The van der Waals surface area contributed by atoms with Crippen LogP contribution in [-0.2, 0) is 38.0 Å². The van der Waals surface area contributed by atoms with Crippen molar-refractivity contribution in [1.82, 2.24) is 15.5 Å². The molecule has 39 heavy (non-hydrogen) atoms. The van der Waals surface area contributed by atoms with Crippen molar-refractivity contribution >= 4 is 24.0 Å². The van der Waals surface area contributed by atoms with Gasteiger partial charge in [0.1, 0.15) is 17.6 Å². The molecule has 14 nitrogen and oxygen atoms in total. The molecule has 0 bridgehead atoms. The van der Waals surface area contributed by atoms with Crippen molar-refractivity contribution in [2.45, 2.75) is 59.2 Å². The van der Waals surface area contributed by atoms with Gasteiger partial charge in [0, 0.05) is 26.2 Å². The number of nitrogens with two attached hydrogens (primary N) is 1. The molecular weight excluding hydrogens is 516 g/mol. The van der Waals surface area contributed by atoms with Crippen molar-refractivity contribution in [3.05, 3.63) is 0 Å². The molecule has 0 rings (SSSR count). The summed E-state index contributed by atoms with van der Waals surface area (Å²) in [5.74, 6) is -1.13. The normalized spacial score (nSPS) is 11.5. The Morgan fingerprint density at radius 2 is 0.974 bits per heavy atom. The van der Waals surface area contributed by atoms with E-state index in [2.05, 4.69) is 10.6 Å². The fourth-order valence-electron chi connectivity index (χ4n) is 2.69. The molecule has 0 fully saturated rings. The first kappa shape index (κ1) is 36.3. The van der Waals surface area contributed by atoms with Crippen LogP contribution >= 0.6 is 0 Å². The first-order chi connectivity index (χ1) is 18.2. The highest BCUT2D eigenvalue weighted by Crippen LogP contribution is 2.06. The van der Waals surface area contributed by atoms with Crippen LogP contribution in [0, 0.1) is 0 Å². The molecule has 0 radical (unpaired) electrons. The number of nitrogens with one attached hydrogen (secondary N) is 2. The van der Waals surface area contributed by atoms with Crippen LogP contribution in [-0.4, -0.2) is 119 Å². The zero-order chi connectivity index (χ0) is 29.7. The number of hydrogen-bond donors (Lipinski definition) is 3. The topological polar surface area (TPSA) is 177 Å². The molecule has 0 atom stereocenters. The van der Waals surface area contributed by atoms with Gasteiger partial charge in [0.2, 0.25) is 11.8 Å². The van der Waals surface area contributed by atoms with Crippen molar-refractivity contribution in [2.75, 3.05) is 79.0 Å². The second-order valence-electron chi connectivity index (χ2n) is 10.3. The molecule has 14 heteroatoms. The summed E-state index contributed by atoms with van der Waals surface area (Å²) in [7, 11) is 0. The van der Waals surface area contributed by atoms with Crippen LogP contribution in [0.1, 0.15) is 48.0 Å². The summed E-state index contributed by atoms with van der Waals surface area (Å²) in [6, 6.07) is 0. The van der Waals surface area contributed by atoms with Gasteiger partial charge in [-0.3, -0.25) is 9.59 Å². The molecule has 0 spiro atoms. The minimum absolute atomic E-state index is 0.234. The van der Waals surface area contributed by atoms with Crippen LogP contribution in [0.25, 0.3) is 0 Å². The standard InChI is InChI=1S/C25H48N4O10/c1-24(2,3)38-22(32)27-7-11-34-15-17-36-13-9-29(21(31)19-20(26)30)10-14-37-18-16-35-12-8-28-23(33)39-25(4,5)6/h7-19H2,1-6H3,(H2,26,30)(H,27,32)(H,28,33). The van der Waals surface area contributed by atoms with E-state index >= 15 is 0 Å². The van der Waals surface area contributed by atoms with Gasteiger partial charge >= 0.3 is 12.2 Å². The SMILES string of the molecule is CC(C)(C)OC(=O)NCCOCCOCCN(CCOCCOCCNC(=O)OC(C)(C)C)C(=O)CC(N)=O. The lowest BCUT2D eigenvalue weighted by atomic mass is 10.2. The number of primary amides is 1. The number of carbonyl (C=O) groups is 4. The Kier molecular flexibility index (Phi) is 18.9. The summed E-state index contributed by atoms with van der Waals surface area (Å²) >= 11 is 0. The molecule has 0 saturated heterocycles. The van der Waals surface area contributed by atoms with Crippen LogP contribution in [0.3, 0.4) is 0 Å². The van der Waals surface area contributed by atoms with E-state index in [1.165, 1.54) is 4.90 Å². The number of ether oxygens (including phenoxy) is 6. The van der Waals surface area contributed by atoms with Gasteiger partial charge in [-0.2, -0.15) is 0 Å². The van der Waals surface area contributed by atoms with Crippen molar-refractivity contribution < 1.29 is 47.6 Å². The second-order valence-corrected chi connectivity index (χ2v) is 10.3. The quantitative estimate of drug-likeness (QED) is 0.142. The highest BCUT2D eigenvalue weighted by molar-refractivity contribution is 5.96. The number of hydrogen-bond acceptors (Lipinski definition) is 10. The fraction of sp³-hybridized carbons (Fsp3) is 0.840. The van der Waals surface area contributed by atoms with E-state index in [1.807, 2.05) is 0 Å². The predicted molar refractivity (Wildman–Crippen MR) is 142 cm³/mol. The second kappa shape index (κ2) is 20.3. The van der Waals surface area contributed by atoms with Gasteiger partial charge in [-0.05, 0) is 41.5 Å². The Balaban J connectivity index is 3.97. The first-order valence-corrected chi connectivity index (χ1v) is 13.0. The van der Waals surface area contributed by atoms with E-state index in [1.54, 1.807) is 41.5 Å². The molecule has 0 aliphatic carbocycles. The molecule has 0 aliphatic rings. The van der Waals surface area contributed by atoms with Crippen molar-refractivity contribution in [3.63, 3.8) is 0 Å². The molecule has 0 saturated carbocycles. The fourth-order valence-corrected chi connectivity index (χ4v) is 2.69. The van der Waals surface area contributed by atoms with Gasteiger partial charge in [-0.25, -0.2) is 9.59 Å². The largest absolute Gasteiger partial charge is 0.444 e. The molecule has 0 aromatic rings. The minimum atomic E-state index is -0.714. The van der Waals surface area contributed by atoms with E-state index in [0.29, 0.717) is 52.7 Å². The average Bonchev–Trinajstić information content (AvgIpc) is 2.77. The maximum absolute atomic E-state index is 12.3. The molecule has 0 aromatic carbocycles. The Bertz CT molecular complexity index is 677. The highest BCUT2D eigenvalue weighted by Gasteiger charge is 2.17. The molecule has 0 unspecified atom stereocenters. The summed E-state index contributed by atoms with van der Waals surface area (Å²) in [5.41, 5.74) is 4.03. The lowest BCUT2D eigenvalue weighted by molar-refractivity contribution is -0.136. The van der Waals surface area contributed by atoms with Crippen molar-refractivity contribution in [1.29, 1.82) is 0 Å². The Hall–Kier alpha value is -2.68. The lowest BCUT2D eigenvalue weighted by Gasteiger charge is -2.22. The van der Waals surface area contributed by atoms with E-state index < -0.39 is 41.6 Å². The average molecular weight is 565 g/mol. The summed E-state index contributed by atoms with van der Waals surface area (Å²) in [6.07, 6.45) is -1.42. The monoisotopic (exact) mass is 564 g/mol. The van der Waals surface area contributed by atoms with Crippen LogP contribution in [0.2, 0.25) is 0 Å². The number of rotatable bonds is 20. The van der Waals surface area contributed by atoms with Gasteiger partial charge in [-0.1, -0.05) is 0 Å². The van der Waals surface area contributed by atoms with E-state index in [4.69, 9.17) is 34.2 Å². The summed E-state index contributed by atoms with van der Waals surface area (Å²) in [5, 5.41) is 5.18. The Morgan fingerprint density at radius 3 is 1.31 bits per heavy atom. The van der Waals surface area contributed by atoms with Crippen LogP contribution in [0.5, 0.6) is 0 Å². The summed E-state index contributed by atoms with van der Waals surface area (Å²) in [4.78, 5) is 47.9. The molecule has 0 aromatic heterocycles. The van der Waals surface area contributed by atoms with Crippen LogP contribution in [0.4, 0.5) is 9.59 Å². The lowest BCUT2D eigenvalue weighted by Crippen LogP contribution is -2.39. The highest BCUT2D eigenvalue weighted by atomic mass is 16.6. The maximum atomic E-state index is 12.3. The summed E-state index contributed by atoms with van der Waals surface area (Å²) < 4.78 is 32.0. The Morgan fingerprint density at radius 1 is 0.615 bits per heavy atom. The molecule has 228 valence electrons. The van der Waals surface area contributed by atoms with E-state index in [9.17, 15) is 19.2 Å². The number of nitrogens with zero attached hydrogens (tertiary/aromatic N) is 1. The Labute approximate surface area is 231 Å². The van der Waals surface area contributed by atoms with Crippen molar-refractivity contribution in [2.24, 2.45) is 5.73 Å². The van der Waals surface area contributed by atoms with Crippen molar-refractivity contribution in [3.8, 4) is 0 Å². The zero-order valence-corrected chi connectivity index (χ0v) is 24.3. The summed E-state index contributed by atoms with van der Waals surface area (Å²) in [6.45, 7) is 14.1. The number of amides is 4. The van der Waals surface area contributed by atoms with Gasteiger partial charge < -0.3 is 49.7 Å². The van der Waals surface area contributed by atoms with E-state index in [-0.39, 0.29) is 26.3 Å². The zero-order valence-electron chi connectivity index (χ0n) is 24.3. The molecule has 0 heterocycles. The van der Waals surface area contributed by atoms with Crippen LogP contribution in [0.15, 0.2) is 0 Å². The van der Waals surface area contributed by atoms with Gasteiger partial charge in [0.05, 0.1) is 52.9 Å². The third-order valence-corrected chi connectivity index (χ3v) is 4.26. The third kappa shape index (κ3) is 25.4. The molecule has 4 N–H and O–H groups in total. The van der Waals surface area contributed by atoms with E-state index in [0.717, 1.165) is 0 Å². The van der Waals surface area contributed by atoms with Gasteiger partial charge in [0.25, 0.3) is 0 Å². The number of carbonyl (C=O) groups excluding carboxylic acids is 4. The maximum Gasteiger partial charge on any atom is 0.407 e. The predicted octanol–water partition coefficient (Wildman–Crippen LogP) is 0.806. The molecular formula is C25H48N4O10. The van der Waals surface area contributed by atoms with Crippen LogP contribution < -0.4 is 16.4 Å². The number of alkyl carbamates (subject to hydrolysis) is 2.